The quantitative estimate of drug-likeness (QED) is 0.532. The number of nitro groups is 2. The van der Waals surface area contributed by atoms with Crippen molar-refractivity contribution in [1.82, 2.24) is 10.3 Å². The monoisotopic (exact) mass is 425 g/mol. The van der Waals surface area contributed by atoms with Crippen LogP contribution in [0.15, 0.2) is 53.6 Å². The highest BCUT2D eigenvalue weighted by Gasteiger charge is 2.34. The number of benzene rings is 2. The van der Waals surface area contributed by atoms with Gasteiger partial charge in [-0.1, -0.05) is 19.1 Å². The van der Waals surface area contributed by atoms with Crippen molar-refractivity contribution in [3.8, 4) is 0 Å². The first-order valence-corrected chi connectivity index (χ1v) is 9.45. The second kappa shape index (κ2) is 9.11. The molecule has 1 N–H and O–H groups in total. The SMILES string of the molecule is CCC(=O)NCC(=O)N1N=C(c2ccc([N+](=O)[O-])cc2)C[C@@H]1c1cccc([N+](=O)[O-])c1. The lowest BCUT2D eigenvalue weighted by molar-refractivity contribution is -0.385. The van der Waals surface area contributed by atoms with Crippen LogP contribution in [-0.2, 0) is 9.59 Å². The van der Waals surface area contributed by atoms with Gasteiger partial charge in [0, 0.05) is 37.1 Å². The van der Waals surface area contributed by atoms with Gasteiger partial charge in [-0.2, -0.15) is 5.10 Å². The highest BCUT2D eigenvalue weighted by atomic mass is 16.6. The van der Waals surface area contributed by atoms with E-state index < -0.39 is 21.8 Å². The number of carbonyl (C=O) groups excluding carboxylic acids is 2. The van der Waals surface area contributed by atoms with Gasteiger partial charge in [-0.15, -0.1) is 0 Å². The first kappa shape index (κ1) is 21.6. The Labute approximate surface area is 176 Å². The van der Waals surface area contributed by atoms with Crippen LogP contribution in [-0.4, -0.2) is 38.9 Å². The predicted octanol–water partition coefficient (Wildman–Crippen LogP) is 2.71. The molecule has 3 rings (SSSR count). The molecule has 0 saturated heterocycles. The Morgan fingerprint density at radius 1 is 1.10 bits per heavy atom. The second-order valence-electron chi connectivity index (χ2n) is 6.79. The van der Waals surface area contributed by atoms with Crippen LogP contribution in [0.3, 0.4) is 0 Å². The van der Waals surface area contributed by atoms with Gasteiger partial charge < -0.3 is 5.32 Å². The van der Waals surface area contributed by atoms with Crippen molar-refractivity contribution >= 4 is 28.9 Å². The maximum absolute atomic E-state index is 12.8. The maximum Gasteiger partial charge on any atom is 0.269 e. The van der Waals surface area contributed by atoms with Crippen molar-refractivity contribution in [2.24, 2.45) is 5.10 Å². The van der Waals surface area contributed by atoms with Crippen molar-refractivity contribution in [1.29, 1.82) is 0 Å². The minimum Gasteiger partial charge on any atom is -0.347 e. The molecule has 0 unspecified atom stereocenters. The minimum atomic E-state index is -0.615. The maximum atomic E-state index is 12.8. The van der Waals surface area contributed by atoms with Crippen LogP contribution in [0.2, 0.25) is 0 Å². The van der Waals surface area contributed by atoms with E-state index in [0.717, 1.165) is 0 Å². The summed E-state index contributed by atoms with van der Waals surface area (Å²) in [4.78, 5) is 45.3. The number of nitrogens with one attached hydrogen (secondary N) is 1. The van der Waals surface area contributed by atoms with Crippen LogP contribution < -0.4 is 5.32 Å². The molecule has 0 spiro atoms. The van der Waals surface area contributed by atoms with Gasteiger partial charge in [-0.3, -0.25) is 29.8 Å². The Morgan fingerprint density at radius 2 is 1.77 bits per heavy atom. The molecule has 0 aliphatic carbocycles. The van der Waals surface area contributed by atoms with Crippen LogP contribution >= 0.6 is 0 Å². The summed E-state index contributed by atoms with van der Waals surface area (Å²) in [6.45, 7) is 1.39. The lowest BCUT2D eigenvalue weighted by Gasteiger charge is -2.22. The molecule has 1 aliphatic rings. The van der Waals surface area contributed by atoms with Gasteiger partial charge in [0.1, 0.15) is 0 Å². The minimum absolute atomic E-state index is 0.0761. The van der Waals surface area contributed by atoms with Crippen LogP contribution in [0.25, 0.3) is 0 Å². The fourth-order valence-electron chi connectivity index (χ4n) is 3.18. The summed E-state index contributed by atoms with van der Waals surface area (Å²) in [5.41, 5.74) is 1.42. The molecule has 160 valence electrons. The number of non-ortho nitro benzene ring substituents is 2. The van der Waals surface area contributed by atoms with E-state index in [4.69, 9.17) is 0 Å². The van der Waals surface area contributed by atoms with Gasteiger partial charge in [-0.25, -0.2) is 5.01 Å². The third-order valence-electron chi connectivity index (χ3n) is 4.80. The van der Waals surface area contributed by atoms with Crippen molar-refractivity contribution in [3.63, 3.8) is 0 Å². The summed E-state index contributed by atoms with van der Waals surface area (Å²) < 4.78 is 0. The van der Waals surface area contributed by atoms with Gasteiger partial charge in [0.15, 0.2) is 0 Å². The van der Waals surface area contributed by atoms with E-state index >= 15 is 0 Å². The number of carbonyl (C=O) groups is 2. The molecule has 11 nitrogen and oxygen atoms in total. The Hall–Kier alpha value is -4.15. The van der Waals surface area contributed by atoms with E-state index in [1.165, 1.54) is 47.5 Å². The Kier molecular flexibility index (Phi) is 6.34. The topological polar surface area (TPSA) is 148 Å². The van der Waals surface area contributed by atoms with E-state index in [9.17, 15) is 29.8 Å². The predicted molar refractivity (Wildman–Crippen MR) is 110 cm³/mol. The van der Waals surface area contributed by atoms with E-state index in [2.05, 4.69) is 10.4 Å². The van der Waals surface area contributed by atoms with Crippen LogP contribution in [0, 0.1) is 20.2 Å². The van der Waals surface area contributed by atoms with Crippen LogP contribution in [0.5, 0.6) is 0 Å². The summed E-state index contributed by atoms with van der Waals surface area (Å²) in [7, 11) is 0. The molecule has 0 saturated carbocycles. The van der Waals surface area contributed by atoms with E-state index in [0.29, 0.717) is 16.8 Å². The second-order valence-corrected chi connectivity index (χ2v) is 6.79. The van der Waals surface area contributed by atoms with Gasteiger partial charge >= 0.3 is 0 Å². The number of hydrogen-bond acceptors (Lipinski definition) is 7. The smallest absolute Gasteiger partial charge is 0.269 e. The Balaban J connectivity index is 1.92. The van der Waals surface area contributed by atoms with Crippen molar-refractivity contribution < 1.29 is 19.4 Å². The largest absolute Gasteiger partial charge is 0.347 e. The Morgan fingerprint density at radius 3 is 2.39 bits per heavy atom. The van der Waals surface area contributed by atoms with Crippen molar-refractivity contribution in [2.45, 2.75) is 25.8 Å². The molecule has 31 heavy (non-hydrogen) atoms. The number of amides is 2. The van der Waals surface area contributed by atoms with E-state index in [1.54, 1.807) is 13.0 Å². The third-order valence-corrected chi connectivity index (χ3v) is 4.80. The lowest BCUT2D eigenvalue weighted by Crippen LogP contribution is -2.37. The first-order chi connectivity index (χ1) is 14.8. The molecule has 1 heterocycles. The van der Waals surface area contributed by atoms with Gasteiger partial charge in [0.2, 0.25) is 5.91 Å². The zero-order valence-corrected chi connectivity index (χ0v) is 16.6. The van der Waals surface area contributed by atoms with Crippen molar-refractivity contribution in [2.75, 3.05) is 6.54 Å². The standard InChI is InChI=1S/C20H19N5O6/c1-2-19(26)21-12-20(27)23-18(14-4-3-5-16(10-14)25(30)31)11-17(22-23)13-6-8-15(9-7-13)24(28)29/h3-10,18H,2,11-12H2,1H3,(H,21,26)/t18-/m1/s1. The molecule has 2 aromatic carbocycles. The average Bonchev–Trinajstić information content (AvgIpc) is 3.23. The van der Waals surface area contributed by atoms with Gasteiger partial charge in [-0.05, 0) is 23.3 Å². The van der Waals surface area contributed by atoms with Gasteiger partial charge in [0.25, 0.3) is 17.3 Å². The molecule has 0 aromatic heterocycles. The number of hydrogen-bond donors (Lipinski definition) is 1. The highest BCUT2D eigenvalue weighted by molar-refractivity contribution is 6.03. The highest BCUT2D eigenvalue weighted by Crippen LogP contribution is 2.34. The molecule has 0 fully saturated rings. The molecule has 2 aromatic rings. The van der Waals surface area contributed by atoms with Crippen molar-refractivity contribution in [3.05, 3.63) is 79.9 Å². The summed E-state index contributed by atoms with van der Waals surface area (Å²) in [5, 5.41) is 30.1. The fourth-order valence-corrected chi connectivity index (χ4v) is 3.18. The number of nitro benzene ring substituents is 2. The molecular weight excluding hydrogens is 406 g/mol. The van der Waals surface area contributed by atoms with Crippen LogP contribution in [0.1, 0.15) is 36.9 Å². The van der Waals surface area contributed by atoms with E-state index in [-0.39, 0.29) is 36.7 Å². The average molecular weight is 425 g/mol. The lowest BCUT2D eigenvalue weighted by atomic mass is 9.98. The molecule has 2 amide bonds. The first-order valence-electron chi connectivity index (χ1n) is 9.45. The summed E-state index contributed by atoms with van der Waals surface area (Å²) in [6, 6.07) is 11.1. The normalized spacial score (nSPS) is 15.3. The molecule has 11 heteroatoms. The molecule has 0 bridgehead atoms. The summed E-state index contributed by atoms with van der Waals surface area (Å²) >= 11 is 0. The molecular formula is C20H19N5O6. The summed E-state index contributed by atoms with van der Waals surface area (Å²) in [5.74, 6) is -0.769. The molecule has 1 aliphatic heterocycles. The number of hydrazone groups is 1. The zero-order valence-electron chi connectivity index (χ0n) is 16.6. The summed E-state index contributed by atoms with van der Waals surface area (Å²) in [6.07, 6.45) is 0.478. The van der Waals surface area contributed by atoms with E-state index in [1.807, 2.05) is 0 Å². The third kappa shape index (κ3) is 4.89. The molecule has 1 atom stereocenters. The van der Waals surface area contributed by atoms with Gasteiger partial charge in [0.05, 0.1) is 28.1 Å². The Bertz CT molecular complexity index is 1070. The van der Waals surface area contributed by atoms with Crippen LogP contribution in [0.4, 0.5) is 11.4 Å². The number of rotatable bonds is 7. The number of nitrogens with zero attached hydrogens (tertiary/aromatic N) is 4. The zero-order chi connectivity index (χ0) is 22.5. The fraction of sp³-hybridized carbons (Fsp3) is 0.250. The molecule has 0 radical (unpaired) electrons.